The van der Waals surface area contributed by atoms with Gasteiger partial charge in [-0.15, -0.1) is 0 Å². The number of nitrogen functional groups attached to an aromatic ring is 1. The third-order valence-corrected chi connectivity index (χ3v) is 5.51. The van der Waals surface area contributed by atoms with Crippen molar-refractivity contribution < 1.29 is 5.11 Å². The van der Waals surface area contributed by atoms with E-state index in [0.29, 0.717) is 28.0 Å². The summed E-state index contributed by atoms with van der Waals surface area (Å²) in [6.45, 7) is 0.450. The van der Waals surface area contributed by atoms with Gasteiger partial charge in [0.15, 0.2) is 5.75 Å². The average molecular weight is 426 g/mol. The number of rotatable bonds is 5. The lowest BCUT2D eigenvalue weighted by Crippen LogP contribution is -2.02. The van der Waals surface area contributed by atoms with Crippen molar-refractivity contribution in [2.75, 3.05) is 11.1 Å². The van der Waals surface area contributed by atoms with Crippen molar-refractivity contribution in [1.29, 1.82) is 0 Å². The van der Waals surface area contributed by atoms with E-state index in [-0.39, 0.29) is 10.8 Å². The van der Waals surface area contributed by atoms with Crippen LogP contribution in [-0.4, -0.2) is 5.11 Å². The van der Waals surface area contributed by atoms with Crippen LogP contribution in [0.15, 0.2) is 64.4 Å². The fraction of sp³-hybridized carbons (Fsp3) is 0.0526. The van der Waals surface area contributed by atoms with Crippen molar-refractivity contribution >= 4 is 57.9 Å². The summed E-state index contributed by atoms with van der Waals surface area (Å²) in [5.74, 6) is -0.0353. The molecule has 0 fully saturated rings. The summed E-state index contributed by atoms with van der Waals surface area (Å²) in [4.78, 5) is 2.11. The van der Waals surface area contributed by atoms with Crippen LogP contribution in [0.4, 0.5) is 11.4 Å². The zero-order chi connectivity index (χ0) is 18.7. The van der Waals surface area contributed by atoms with E-state index >= 15 is 0 Å². The highest BCUT2D eigenvalue weighted by atomic mass is 35.5. The Labute approximate surface area is 171 Å². The molecule has 0 atom stereocenters. The molecule has 4 N–H and O–H groups in total. The fourth-order valence-electron chi connectivity index (χ4n) is 2.36. The molecule has 0 aliphatic carbocycles. The first-order chi connectivity index (χ1) is 12.4. The van der Waals surface area contributed by atoms with Gasteiger partial charge in [-0.25, -0.2) is 0 Å². The Bertz CT molecular complexity index is 933. The molecule has 3 aromatic rings. The molecule has 3 rings (SSSR count). The van der Waals surface area contributed by atoms with Crippen molar-refractivity contribution in [3.8, 4) is 5.75 Å². The second-order valence-electron chi connectivity index (χ2n) is 5.56. The summed E-state index contributed by atoms with van der Waals surface area (Å²) in [5, 5.41) is 14.6. The Morgan fingerprint density at radius 2 is 1.65 bits per heavy atom. The number of phenolic OH excluding ortho intramolecular Hbond substituents is 1. The third-order valence-electron chi connectivity index (χ3n) is 3.62. The summed E-state index contributed by atoms with van der Waals surface area (Å²) in [5.41, 5.74) is 8.06. The normalized spacial score (nSPS) is 10.7. The minimum atomic E-state index is -0.0353. The third kappa shape index (κ3) is 4.71. The minimum Gasteiger partial charge on any atom is -0.504 e. The molecule has 0 spiro atoms. The first-order valence-corrected chi connectivity index (χ1v) is 9.61. The van der Waals surface area contributed by atoms with Gasteiger partial charge in [0.05, 0.1) is 10.7 Å². The average Bonchev–Trinajstić information content (AvgIpc) is 2.60. The Morgan fingerprint density at radius 1 is 0.923 bits per heavy atom. The summed E-state index contributed by atoms with van der Waals surface area (Å²) >= 11 is 19.5. The molecule has 0 amide bonds. The van der Waals surface area contributed by atoms with Crippen LogP contribution in [0.25, 0.3) is 0 Å². The highest BCUT2D eigenvalue weighted by Gasteiger charge is 2.10. The Hall–Kier alpha value is -1.72. The monoisotopic (exact) mass is 424 g/mol. The minimum absolute atomic E-state index is 0.0353. The van der Waals surface area contributed by atoms with Gasteiger partial charge in [-0.2, -0.15) is 0 Å². The van der Waals surface area contributed by atoms with Crippen LogP contribution in [0.3, 0.4) is 0 Å². The molecule has 0 bridgehead atoms. The molecule has 0 aliphatic rings. The number of nitrogens with two attached hydrogens (primary N) is 1. The zero-order valence-corrected chi connectivity index (χ0v) is 16.6. The molecule has 0 unspecified atom stereocenters. The van der Waals surface area contributed by atoms with Gasteiger partial charge in [0, 0.05) is 32.1 Å². The van der Waals surface area contributed by atoms with Crippen molar-refractivity contribution in [1.82, 2.24) is 0 Å². The van der Waals surface area contributed by atoms with E-state index in [1.54, 1.807) is 17.8 Å². The largest absolute Gasteiger partial charge is 0.504 e. The highest BCUT2D eigenvalue weighted by Crippen LogP contribution is 2.37. The topological polar surface area (TPSA) is 58.3 Å². The molecule has 0 saturated heterocycles. The molecular weight excluding hydrogens is 411 g/mol. The molecule has 0 radical (unpaired) electrons. The van der Waals surface area contributed by atoms with Gasteiger partial charge in [0.2, 0.25) is 0 Å². The first kappa shape index (κ1) is 19.1. The molecule has 3 aromatic carbocycles. The number of halogens is 3. The van der Waals surface area contributed by atoms with E-state index < -0.39 is 0 Å². The lowest BCUT2D eigenvalue weighted by atomic mass is 10.2. The maximum atomic E-state index is 10.1. The van der Waals surface area contributed by atoms with E-state index in [2.05, 4.69) is 5.32 Å². The summed E-state index contributed by atoms with van der Waals surface area (Å²) in [6, 6.07) is 16.5. The number of nitrogens with one attached hydrogen (secondary N) is 1. The van der Waals surface area contributed by atoms with Gasteiger partial charge in [-0.3, -0.25) is 0 Å². The Kier molecular flexibility index (Phi) is 6.09. The van der Waals surface area contributed by atoms with Gasteiger partial charge in [-0.1, -0.05) is 46.6 Å². The fourth-order valence-corrected chi connectivity index (χ4v) is 3.90. The predicted molar refractivity (Wildman–Crippen MR) is 112 cm³/mol. The van der Waals surface area contributed by atoms with Crippen molar-refractivity contribution in [2.45, 2.75) is 16.3 Å². The number of anilines is 2. The van der Waals surface area contributed by atoms with E-state index in [1.165, 1.54) is 6.07 Å². The van der Waals surface area contributed by atoms with Crippen LogP contribution in [0.1, 0.15) is 5.56 Å². The molecule has 134 valence electrons. The van der Waals surface area contributed by atoms with Gasteiger partial charge < -0.3 is 16.2 Å². The predicted octanol–water partition coefficient (Wildman–Crippen LogP) is 6.70. The smallest absolute Gasteiger partial charge is 0.157 e. The zero-order valence-electron chi connectivity index (χ0n) is 13.5. The second kappa shape index (κ2) is 8.31. The van der Waals surface area contributed by atoms with Crippen LogP contribution in [0, 0.1) is 0 Å². The van der Waals surface area contributed by atoms with E-state index in [4.69, 9.17) is 40.5 Å². The van der Waals surface area contributed by atoms with Crippen molar-refractivity contribution in [3.05, 3.63) is 75.2 Å². The molecule has 7 heteroatoms. The second-order valence-corrected chi connectivity index (χ2v) is 7.96. The van der Waals surface area contributed by atoms with Crippen LogP contribution >= 0.6 is 46.6 Å². The number of hydrogen-bond acceptors (Lipinski definition) is 4. The number of aromatic hydroxyl groups is 1. The summed E-state index contributed by atoms with van der Waals surface area (Å²) in [6.07, 6.45) is 0. The van der Waals surface area contributed by atoms with Crippen molar-refractivity contribution in [3.63, 3.8) is 0 Å². The number of phenols is 1. The van der Waals surface area contributed by atoms with Crippen molar-refractivity contribution in [2.24, 2.45) is 0 Å². The molecular formula is C19H15Cl3N2OS. The lowest BCUT2D eigenvalue weighted by Gasteiger charge is -2.14. The molecule has 26 heavy (non-hydrogen) atoms. The highest BCUT2D eigenvalue weighted by molar-refractivity contribution is 7.99. The van der Waals surface area contributed by atoms with Gasteiger partial charge in [0.1, 0.15) is 0 Å². The van der Waals surface area contributed by atoms with Crippen LogP contribution in [0.2, 0.25) is 15.1 Å². The van der Waals surface area contributed by atoms with Crippen LogP contribution in [0.5, 0.6) is 5.75 Å². The van der Waals surface area contributed by atoms with E-state index in [9.17, 15) is 5.11 Å². The molecule has 3 nitrogen and oxygen atoms in total. The van der Waals surface area contributed by atoms with E-state index in [0.717, 1.165) is 15.4 Å². The lowest BCUT2D eigenvalue weighted by molar-refractivity contribution is 0.477. The van der Waals surface area contributed by atoms with E-state index in [1.807, 2.05) is 42.5 Å². The Balaban J connectivity index is 1.83. The quantitative estimate of drug-likeness (QED) is 0.314. The number of benzene rings is 3. The molecule has 0 aromatic heterocycles. The standard InChI is InChI=1S/C19H15Cl3N2OS/c20-12-1-4-15(5-2-12)26-18-6-3-14(23)7-11(18)10-24-17-9-13(21)8-16(22)19(17)25/h1-9,24-25H,10,23H2. The maximum Gasteiger partial charge on any atom is 0.157 e. The number of hydrogen-bond donors (Lipinski definition) is 3. The molecule has 0 saturated carbocycles. The SMILES string of the molecule is Nc1ccc(Sc2ccc(Cl)cc2)c(CNc2cc(Cl)cc(Cl)c2O)c1. The molecule has 0 heterocycles. The summed E-state index contributed by atoms with van der Waals surface area (Å²) in [7, 11) is 0. The van der Waals surface area contributed by atoms with Gasteiger partial charge in [-0.05, 0) is 60.2 Å². The first-order valence-electron chi connectivity index (χ1n) is 7.66. The van der Waals surface area contributed by atoms with Crippen LogP contribution in [-0.2, 0) is 6.54 Å². The van der Waals surface area contributed by atoms with Gasteiger partial charge in [0.25, 0.3) is 0 Å². The maximum absolute atomic E-state index is 10.1. The molecule has 0 aliphatic heterocycles. The Morgan fingerprint density at radius 3 is 2.38 bits per heavy atom. The van der Waals surface area contributed by atoms with Crippen LogP contribution < -0.4 is 11.1 Å². The van der Waals surface area contributed by atoms with Gasteiger partial charge >= 0.3 is 0 Å². The summed E-state index contributed by atoms with van der Waals surface area (Å²) < 4.78 is 0.